The second-order valence-electron chi connectivity index (χ2n) is 6.53. The van der Waals surface area contributed by atoms with Crippen LogP contribution in [0.4, 0.5) is 0 Å². The fourth-order valence-corrected chi connectivity index (χ4v) is 3.61. The van der Waals surface area contributed by atoms with E-state index in [1.165, 1.54) is 0 Å². The van der Waals surface area contributed by atoms with Gasteiger partial charge in [0, 0.05) is 36.4 Å². The standard InChI is InChI=1S/C26H28O2S2/c1-28-18-10-3-2-5-13-23(20-22-12-8-9-14-24(22)21-29)26(27)17-11-19-30-25-15-6-4-7-16-25/h4,6-9,12,14-16,20,26-27,29H,2-3,10,18-19,21H2,1H3/b23-20+. The van der Waals surface area contributed by atoms with Gasteiger partial charge in [0.25, 0.3) is 0 Å². The monoisotopic (exact) mass is 436 g/mol. The molecule has 0 amide bonds. The van der Waals surface area contributed by atoms with Crippen molar-refractivity contribution >= 4 is 30.5 Å². The Kier molecular flexibility index (Phi) is 12.0. The smallest absolute Gasteiger partial charge is 0.147 e. The van der Waals surface area contributed by atoms with Crippen molar-refractivity contribution in [2.75, 3.05) is 19.5 Å². The molecular weight excluding hydrogens is 408 g/mol. The van der Waals surface area contributed by atoms with Gasteiger partial charge in [0.1, 0.15) is 6.10 Å². The summed E-state index contributed by atoms with van der Waals surface area (Å²) in [7, 11) is 1.70. The van der Waals surface area contributed by atoms with Crippen molar-refractivity contribution in [3.05, 3.63) is 71.3 Å². The molecule has 0 bridgehead atoms. The number of thioether (sulfide) groups is 1. The van der Waals surface area contributed by atoms with Crippen molar-refractivity contribution in [3.63, 3.8) is 0 Å². The molecule has 156 valence electrons. The first-order valence-corrected chi connectivity index (χ1v) is 11.6. The summed E-state index contributed by atoms with van der Waals surface area (Å²) in [6, 6.07) is 18.1. The van der Waals surface area contributed by atoms with Gasteiger partial charge in [-0.05, 0) is 42.2 Å². The van der Waals surface area contributed by atoms with Crippen LogP contribution in [0.15, 0.2) is 65.1 Å². The minimum Gasteiger partial charge on any atom is -0.385 e. The average Bonchev–Trinajstić information content (AvgIpc) is 2.79. The van der Waals surface area contributed by atoms with E-state index >= 15 is 0 Å². The van der Waals surface area contributed by atoms with E-state index < -0.39 is 6.10 Å². The average molecular weight is 437 g/mol. The van der Waals surface area contributed by atoms with Crippen molar-refractivity contribution < 1.29 is 9.84 Å². The molecule has 1 atom stereocenters. The Labute approximate surface area is 190 Å². The molecule has 1 N–H and O–H groups in total. The van der Waals surface area contributed by atoms with E-state index in [0.29, 0.717) is 17.1 Å². The number of hydrogen-bond donors (Lipinski definition) is 2. The van der Waals surface area contributed by atoms with Gasteiger partial charge in [0.05, 0.1) is 5.75 Å². The van der Waals surface area contributed by atoms with Crippen molar-refractivity contribution in [2.45, 2.75) is 36.0 Å². The first kappa shape index (κ1) is 24.2. The Bertz CT molecular complexity index is 915. The Balaban J connectivity index is 2.11. The van der Waals surface area contributed by atoms with Crippen LogP contribution in [0.3, 0.4) is 0 Å². The zero-order valence-electron chi connectivity index (χ0n) is 17.3. The topological polar surface area (TPSA) is 29.5 Å². The molecule has 1 unspecified atom stereocenters. The Morgan fingerprint density at radius 2 is 1.87 bits per heavy atom. The number of methoxy groups -OCH3 is 1. The number of ether oxygens (including phenoxy) is 1. The Morgan fingerprint density at radius 1 is 1.10 bits per heavy atom. The molecule has 0 saturated carbocycles. The van der Waals surface area contributed by atoms with E-state index in [2.05, 4.69) is 48.4 Å². The Morgan fingerprint density at radius 3 is 2.63 bits per heavy atom. The van der Waals surface area contributed by atoms with E-state index in [1.54, 1.807) is 18.9 Å². The highest BCUT2D eigenvalue weighted by Gasteiger charge is 2.07. The van der Waals surface area contributed by atoms with E-state index in [0.717, 1.165) is 41.9 Å². The molecule has 0 aliphatic rings. The van der Waals surface area contributed by atoms with E-state index in [1.807, 2.05) is 48.5 Å². The molecule has 2 aromatic carbocycles. The summed E-state index contributed by atoms with van der Waals surface area (Å²) in [5.41, 5.74) is 2.73. The predicted octanol–water partition coefficient (Wildman–Crippen LogP) is 5.48. The first-order chi connectivity index (χ1) is 14.7. The SMILES string of the molecule is COCCCCC#C/C(=C\c1ccccc1CS)C(O)C#CCSc1ccccc1. The third kappa shape index (κ3) is 9.16. The summed E-state index contributed by atoms with van der Waals surface area (Å²) >= 11 is 6.06. The third-order valence-corrected chi connectivity index (χ3v) is 5.49. The van der Waals surface area contributed by atoms with Gasteiger partial charge in [-0.25, -0.2) is 0 Å². The van der Waals surface area contributed by atoms with Gasteiger partial charge in [-0.15, -0.1) is 11.8 Å². The lowest BCUT2D eigenvalue weighted by Crippen LogP contribution is -2.06. The van der Waals surface area contributed by atoms with Crippen LogP contribution in [0.25, 0.3) is 6.08 Å². The summed E-state index contributed by atoms with van der Waals surface area (Å²) in [5.74, 6) is 13.6. The van der Waals surface area contributed by atoms with E-state index in [-0.39, 0.29) is 0 Å². The van der Waals surface area contributed by atoms with Crippen LogP contribution >= 0.6 is 24.4 Å². The molecular formula is C26H28O2S2. The van der Waals surface area contributed by atoms with Gasteiger partial charge in [0.15, 0.2) is 0 Å². The molecule has 0 saturated heterocycles. The van der Waals surface area contributed by atoms with Crippen molar-refractivity contribution in [1.29, 1.82) is 0 Å². The summed E-state index contributed by atoms with van der Waals surface area (Å²) in [4.78, 5) is 1.16. The molecule has 0 aliphatic heterocycles. The summed E-state index contributed by atoms with van der Waals surface area (Å²) in [6.45, 7) is 0.743. The molecule has 0 aromatic heterocycles. The van der Waals surface area contributed by atoms with Gasteiger partial charge in [0.2, 0.25) is 0 Å². The fraction of sp³-hybridized carbons (Fsp3) is 0.308. The number of aliphatic hydroxyl groups excluding tert-OH is 1. The van der Waals surface area contributed by atoms with Gasteiger partial charge >= 0.3 is 0 Å². The van der Waals surface area contributed by atoms with Crippen LogP contribution in [0, 0.1) is 23.7 Å². The lowest BCUT2D eigenvalue weighted by Gasteiger charge is -2.07. The van der Waals surface area contributed by atoms with Gasteiger partial charge in [-0.2, -0.15) is 12.6 Å². The largest absolute Gasteiger partial charge is 0.385 e. The van der Waals surface area contributed by atoms with Crippen molar-refractivity contribution in [1.82, 2.24) is 0 Å². The van der Waals surface area contributed by atoms with Crippen LogP contribution in [0.1, 0.15) is 30.4 Å². The maximum Gasteiger partial charge on any atom is 0.147 e. The molecule has 0 spiro atoms. The van der Waals surface area contributed by atoms with Crippen LogP contribution in [-0.4, -0.2) is 30.7 Å². The minimum absolute atomic E-state index is 0.617. The highest BCUT2D eigenvalue weighted by Crippen LogP contribution is 2.18. The summed E-state index contributed by atoms with van der Waals surface area (Å²) < 4.78 is 5.07. The summed E-state index contributed by atoms with van der Waals surface area (Å²) in [6.07, 6.45) is 3.72. The number of unbranched alkanes of at least 4 members (excludes halogenated alkanes) is 2. The van der Waals surface area contributed by atoms with Crippen LogP contribution in [0.5, 0.6) is 0 Å². The van der Waals surface area contributed by atoms with Gasteiger partial charge in [-0.3, -0.25) is 0 Å². The quantitative estimate of drug-likeness (QED) is 0.236. The highest BCUT2D eigenvalue weighted by molar-refractivity contribution is 7.99. The molecule has 0 fully saturated rings. The number of aliphatic hydroxyl groups is 1. The second kappa shape index (κ2) is 14.8. The van der Waals surface area contributed by atoms with E-state index in [9.17, 15) is 5.11 Å². The number of benzene rings is 2. The number of thiol groups is 1. The van der Waals surface area contributed by atoms with Crippen molar-refractivity contribution in [2.24, 2.45) is 0 Å². The number of hydrogen-bond acceptors (Lipinski definition) is 4. The van der Waals surface area contributed by atoms with Gasteiger partial charge < -0.3 is 9.84 Å². The summed E-state index contributed by atoms with van der Waals surface area (Å²) in [5, 5.41) is 10.7. The molecule has 0 aliphatic carbocycles. The lowest BCUT2D eigenvalue weighted by molar-refractivity contribution is 0.193. The molecule has 4 heteroatoms. The third-order valence-electron chi connectivity index (χ3n) is 4.26. The first-order valence-electron chi connectivity index (χ1n) is 9.97. The molecule has 30 heavy (non-hydrogen) atoms. The zero-order chi connectivity index (χ0) is 21.4. The lowest BCUT2D eigenvalue weighted by atomic mass is 10.0. The van der Waals surface area contributed by atoms with E-state index in [4.69, 9.17) is 4.74 Å². The zero-order valence-corrected chi connectivity index (χ0v) is 19.0. The number of rotatable bonds is 9. The molecule has 2 nitrogen and oxygen atoms in total. The molecule has 2 aromatic rings. The minimum atomic E-state index is -0.916. The predicted molar refractivity (Wildman–Crippen MR) is 132 cm³/mol. The van der Waals surface area contributed by atoms with Gasteiger partial charge in [-0.1, -0.05) is 66.1 Å². The molecule has 0 heterocycles. The maximum absolute atomic E-state index is 10.7. The van der Waals surface area contributed by atoms with Crippen LogP contribution in [-0.2, 0) is 10.5 Å². The normalized spacial score (nSPS) is 11.8. The molecule has 0 radical (unpaired) electrons. The fourth-order valence-electron chi connectivity index (χ4n) is 2.65. The maximum atomic E-state index is 10.7. The van der Waals surface area contributed by atoms with Crippen molar-refractivity contribution in [3.8, 4) is 23.7 Å². The van der Waals surface area contributed by atoms with Crippen LogP contribution in [0.2, 0.25) is 0 Å². The van der Waals surface area contributed by atoms with Crippen LogP contribution < -0.4 is 0 Å². The second-order valence-corrected chi connectivity index (χ2v) is 7.90. The Hall–Kier alpha value is -2.08. The highest BCUT2D eigenvalue weighted by atomic mass is 32.2. The molecule has 2 rings (SSSR count).